The van der Waals surface area contributed by atoms with Gasteiger partial charge in [0.25, 0.3) is 0 Å². The van der Waals surface area contributed by atoms with Gasteiger partial charge in [-0.05, 0) is 43.9 Å². The van der Waals surface area contributed by atoms with Crippen LogP contribution in [0.2, 0.25) is 0 Å². The SMILES string of the molecule is CCCOCCOCCOCC(C)(O)c1cccc(C(C)(O)COCCOCCOCCC)c1. The lowest BCUT2D eigenvalue weighted by Gasteiger charge is -2.28. The summed E-state index contributed by atoms with van der Waals surface area (Å²) in [7, 11) is 0. The van der Waals surface area contributed by atoms with Crippen LogP contribution in [0.15, 0.2) is 24.3 Å². The largest absolute Gasteiger partial charge is 0.383 e. The summed E-state index contributed by atoms with van der Waals surface area (Å²) in [6.45, 7) is 13.1. The zero-order valence-electron chi connectivity index (χ0n) is 21.6. The molecule has 1 aromatic carbocycles. The molecule has 34 heavy (non-hydrogen) atoms. The van der Waals surface area contributed by atoms with Crippen LogP contribution in [0.25, 0.3) is 0 Å². The van der Waals surface area contributed by atoms with Crippen molar-refractivity contribution >= 4 is 0 Å². The number of rotatable bonds is 22. The molecular weight excluding hydrogens is 440 g/mol. The minimum atomic E-state index is -1.20. The molecule has 0 heterocycles. The van der Waals surface area contributed by atoms with Crippen LogP contribution >= 0.6 is 0 Å². The maximum absolute atomic E-state index is 10.9. The molecule has 0 aliphatic carbocycles. The van der Waals surface area contributed by atoms with E-state index in [1.54, 1.807) is 19.9 Å². The fourth-order valence-corrected chi connectivity index (χ4v) is 3.07. The van der Waals surface area contributed by atoms with E-state index in [1.807, 2.05) is 18.2 Å². The van der Waals surface area contributed by atoms with Crippen molar-refractivity contribution in [1.29, 1.82) is 0 Å². The van der Waals surface area contributed by atoms with Crippen LogP contribution in [-0.2, 0) is 39.6 Å². The van der Waals surface area contributed by atoms with Gasteiger partial charge in [-0.2, -0.15) is 0 Å². The number of hydrogen-bond donors (Lipinski definition) is 2. The Morgan fingerprint density at radius 1 is 0.559 bits per heavy atom. The fourth-order valence-electron chi connectivity index (χ4n) is 3.07. The molecule has 0 saturated heterocycles. The molecule has 0 aliphatic rings. The lowest BCUT2D eigenvalue weighted by atomic mass is 9.90. The average Bonchev–Trinajstić information content (AvgIpc) is 2.82. The first kappa shape index (κ1) is 30.9. The number of ether oxygens (including phenoxy) is 6. The fraction of sp³-hybridized carbons (Fsp3) is 0.769. The third kappa shape index (κ3) is 13.7. The van der Waals surface area contributed by atoms with Crippen molar-refractivity contribution < 1.29 is 38.6 Å². The zero-order chi connectivity index (χ0) is 25.1. The van der Waals surface area contributed by atoms with Gasteiger partial charge in [-0.1, -0.05) is 32.0 Å². The quantitative estimate of drug-likeness (QED) is 0.242. The minimum Gasteiger partial charge on any atom is -0.383 e. The van der Waals surface area contributed by atoms with Gasteiger partial charge in [0.15, 0.2) is 0 Å². The second kappa shape index (κ2) is 18.2. The molecule has 0 saturated carbocycles. The molecule has 8 nitrogen and oxygen atoms in total. The number of hydrogen-bond acceptors (Lipinski definition) is 8. The molecule has 0 aromatic heterocycles. The predicted molar refractivity (Wildman–Crippen MR) is 131 cm³/mol. The summed E-state index contributed by atoms with van der Waals surface area (Å²) in [6, 6.07) is 7.24. The van der Waals surface area contributed by atoms with Gasteiger partial charge in [0.05, 0.1) is 66.1 Å². The molecule has 1 aromatic rings. The standard InChI is InChI=1S/C26H46O8/c1-5-10-29-12-14-31-16-18-33-21-25(3,27)23-8-7-9-24(20-23)26(4,28)22-34-19-17-32-15-13-30-11-6-2/h7-9,20,27-28H,5-6,10-19,21-22H2,1-4H3. The zero-order valence-corrected chi connectivity index (χ0v) is 21.6. The summed E-state index contributed by atoms with van der Waals surface area (Å²) in [5, 5.41) is 21.8. The number of benzene rings is 1. The van der Waals surface area contributed by atoms with E-state index in [9.17, 15) is 10.2 Å². The predicted octanol–water partition coefficient (Wildman–Crippen LogP) is 3.02. The molecule has 2 N–H and O–H groups in total. The minimum absolute atomic E-state index is 0.115. The lowest BCUT2D eigenvalue weighted by molar-refractivity contribution is -0.0582. The van der Waals surface area contributed by atoms with Crippen molar-refractivity contribution in [2.75, 3.05) is 79.3 Å². The smallest absolute Gasteiger partial charge is 0.110 e. The van der Waals surface area contributed by atoms with E-state index < -0.39 is 11.2 Å². The van der Waals surface area contributed by atoms with Gasteiger partial charge >= 0.3 is 0 Å². The van der Waals surface area contributed by atoms with Gasteiger partial charge in [0, 0.05) is 13.2 Å². The van der Waals surface area contributed by atoms with Crippen molar-refractivity contribution in [3.05, 3.63) is 35.4 Å². The molecule has 0 fully saturated rings. The maximum atomic E-state index is 10.9. The van der Waals surface area contributed by atoms with Crippen LogP contribution in [0.4, 0.5) is 0 Å². The van der Waals surface area contributed by atoms with Gasteiger partial charge in [-0.3, -0.25) is 0 Å². The molecule has 0 spiro atoms. The van der Waals surface area contributed by atoms with Crippen LogP contribution in [-0.4, -0.2) is 89.5 Å². The molecule has 0 aliphatic heterocycles. The topological polar surface area (TPSA) is 95.8 Å². The van der Waals surface area contributed by atoms with Crippen LogP contribution in [0.1, 0.15) is 51.7 Å². The van der Waals surface area contributed by atoms with Crippen molar-refractivity contribution in [3.63, 3.8) is 0 Å². The molecule has 0 bridgehead atoms. The van der Waals surface area contributed by atoms with Gasteiger partial charge in [0.1, 0.15) is 11.2 Å². The maximum Gasteiger partial charge on any atom is 0.110 e. The molecule has 0 radical (unpaired) electrons. The summed E-state index contributed by atoms with van der Waals surface area (Å²) < 4.78 is 32.8. The van der Waals surface area contributed by atoms with Crippen LogP contribution in [0.3, 0.4) is 0 Å². The molecular formula is C26H46O8. The highest BCUT2D eigenvalue weighted by molar-refractivity contribution is 5.31. The van der Waals surface area contributed by atoms with Crippen molar-refractivity contribution in [3.8, 4) is 0 Å². The summed E-state index contributed by atoms with van der Waals surface area (Å²) in [5.41, 5.74) is -1.08. The number of aliphatic hydroxyl groups is 2. The molecule has 2 atom stereocenters. The monoisotopic (exact) mass is 486 g/mol. The Morgan fingerprint density at radius 3 is 1.24 bits per heavy atom. The summed E-state index contributed by atoms with van der Waals surface area (Å²) in [5.74, 6) is 0. The molecule has 1 rings (SSSR count). The first-order valence-corrected chi connectivity index (χ1v) is 12.4. The van der Waals surface area contributed by atoms with E-state index in [1.165, 1.54) is 0 Å². The Morgan fingerprint density at radius 2 is 0.882 bits per heavy atom. The summed E-state index contributed by atoms with van der Waals surface area (Å²) in [4.78, 5) is 0. The van der Waals surface area contributed by atoms with E-state index in [-0.39, 0.29) is 13.2 Å². The van der Waals surface area contributed by atoms with Crippen molar-refractivity contribution in [2.24, 2.45) is 0 Å². The highest BCUT2D eigenvalue weighted by atomic mass is 16.6. The normalized spacial score (nSPS) is 15.2. The highest BCUT2D eigenvalue weighted by Crippen LogP contribution is 2.27. The Balaban J connectivity index is 2.36. The Bertz CT molecular complexity index is 571. The molecule has 0 amide bonds. The van der Waals surface area contributed by atoms with Crippen LogP contribution < -0.4 is 0 Å². The molecule has 2 unspecified atom stereocenters. The van der Waals surface area contributed by atoms with Gasteiger partial charge in [0.2, 0.25) is 0 Å². The third-order valence-electron chi connectivity index (χ3n) is 5.06. The first-order chi connectivity index (χ1) is 16.3. The Kier molecular flexibility index (Phi) is 16.6. The van der Waals surface area contributed by atoms with E-state index in [4.69, 9.17) is 28.4 Å². The van der Waals surface area contributed by atoms with Crippen molar-refractivity contribution in [2.45, 2.75) is 51.7 Å². The van der Waals surface area contributed by atoms with E-state index >= 15 is 0 Å². The second-order valence-electron chi connectivity index (χ2n) is 8.68. The summed E-state index contributed by atoms with van der Waals surface area (Å²) >= 11 is 0. The Labute approximate surface area is 205 Å². The third-order valence-corrected chi connectivity index (χ3v) is 5.06. The summed E-state index contributed by atoms with van der Waals surface area (Å²) in [6.07, 6.45) is 1.98. The second-order valence-corrected chi connectivity index (χ2v) is 8.68. The van der Waals surface area contributed by atoms with Crippen LogP contribution in [0, 0.1) is 0 Å². The van der Waals surface area contributed by atoms with Gasteiger partial charge in [-0.15, -0.1) is 0 Å². The lowest BCUT2D eigenvalue weighted by Crippen LogP contribution is -2.31. The molecule has 198 valence electrons. The molecule has 8 heteroatoms. The van der Waals surface area contributed by atoms with Crippen LogP contribution in [0.5, 0.6) is 0 Å². The van der Waals surface area contributed by atoms with Gasteiger partial charge < -0.3 is 38.6 Å². The van der Waals surface area contributed by atoms with E-state index in [0.717, 1.165) is 26.1 Å². The van der Waals surface area contributed by atoms with E-state index in [2.05, 4.69) is 13.8 Å². The van der Waals surface area contributed by atoms with Crippen molar-refractivity contribution in [1.82, 2.24) is 0 Å². The van der Waals surface area contributed by atoms with E-state index in [0.29, 0.717) is 64.0 Å². The Hall–Kier alpha value is -1.10. The average molecular weight is 487 g/mol. The highest BCUT2D eigenvalue weighted by Gasteiger charge is 2.28. The van der Waals surface area contributed by atoms with Gasteiger partial charge in [-0.25, -0.2) is 0 Å². The first-order valence-electron chi connectivity index (χ1n) is 12.4.